The zero-order valence-corrected chi connectivity index (χ0v) is 15.2. The summed E-state index contributed by atoms with van der Waals surface area (Å²) in [5.74, 6) is 1.07. The molecule has 0 radical (unpaired) electrons. The molecule has 1 aromatic heterocycles. The first-order chi connectivity index (χ1) is 9.01. The number of hydrogen-bond donors (Lipinski definition) is 1. The van der Waals surface area contributed by atoms with Crippen molar-refractivity contribution in [3.8, 4) is 0 Å². The number of thiazole rings is 1. The van der Waals surface area contributed by atoms with Crippen molar-refractivity contribution in [2.24, 2.45) is 17.6 Å². The average molecular weight is 354 g/mol. The van der Waals surface area contributed by atoms with Crippen LogP contribution >= 0.6 is 36.2 Å². The highest BCUT2D eigenvalue weighted by molar-refractivity contribution is 7.09. The summed E-state index contributed by atoms with van der Waals surface area (Å²) >= 11 is 1.59. The van der Waals surface area contributed by atoms with E-state index < -0.39 is 0 Å². The van der Waals surface area contributed by atoms with Crippen LogP contribution in [0.15, 0.2) is 5.38 Å². The average Bonchev–Trinajstić information content (AvgIpc) is 2.94. The van der Waals surface area contributed by atoms with Crippen LogP contribution in [0.2, 0.25) is 0 Å². The van der Waals surface area contributed by atoms with Crippen molar-refractivity contribution < 1.29 is 4.79 Å². The Morgan fingerprint density at radius 2 is 2.19 bits per heavy atom. The molecular weight excluding hydrogens is 329 g/mol. The van der Waals surface area contributed by atoms with Crippen LogP contribution < -0.4 is 5.73 Å². The molecule has 2 N–H and O–H groups in total. The highest BCUT2D eigenvalue weighted by Gasteiger charge is 2.32. The highest BCUT2D eigenvalue weighted by Crippen LogP contribution is 2.25. The normalized spacial score (nSPS) is 21.1. The molecule has 0 aliphatic carbocycles. The van der Waals surface area contributed by atoms with Crippen molar-refractivity contribution in [1.82, 2.24) is 9.88 Å². The molecule has 1 amide bonds. The van der Waals surface area contributed by atoms with E-state index in [9.17, 15) is 4.79 Å². The number of nitrogens with zero attached hydrogens (tertiary/aromatic N) is 2. The fraction of sp³-hybridized carbons (Fsp3) is 0.714. The molecule has 21 heavy (non-hydrogen) atoms. The number of amides is 1. The van der Waals surface area contributed by atoms with Gasteiger partial charge in [0, 0.05) is 24.4 Å². The summed E-state index contributed by atoms with van der Waals surface area (Å²) in [4.78, 5) is 18.8. The second-order valence-corrected chi connectivity index (χ2v) is 6.81. The maximum absolute atomic E-state index is 12.4. The van der Waals surface area contributed by atoms with Crippen LogP contribution in [-0.2, 0) is 6.42 Å². The molecule has 122 valence electrons. The first-order valence-electron chi connectivity index (χ1n) is 6.96. The number of hydrogen-bond acceptors (Lipinski definition) is 4. The number of likely N-dealkylation sites (tertiary alicyclic amines) is 1. The van der Waals surface area contributed by atoms with Crippen molar-refractivity contribution >= 4 is 42.1 Å². The fourth-order valence-electron chi connectivity index (χ4n) is 2.60. The Balaban J connectivity index is 0.00000200. The Morgan fingerprint density at radius 3 is 2.71 bits per heavy atom. The van der Waals surface area contributed by atoms with E-state index in [0.29, 0.717) is 24.1 Å². The van der Waals surface area contributed by atoms with Gasteiger partial charge in [0.1, 0.15) is 5.69 Å². The summed E-state index contributed by atoms with van der Waals surface area (Å²) in [6.45, 7) is 7.85. The van der Waals surface area contributed by atoms with Gasteiger partial charge in [-0.3, -0.25) is 4.79 Å². The molecule has 2 unspecified atom stereocenters. The second-order valence-electron chi connectivity index (χ2n) is 5.87. The molecule has 0 aromatic carbocycles. The van der Waals surface area contributed by atoms with E-state index in [0.717, 1.165) is 24.4 Å². The number of nitrogens with two attached hydrogens (primary N) is 1. The minimum absolute atomic E-state index is 0. The van der Waals surface area contributed by atoms with Gasteiger partial charge in [0.05, 0.1) is 5.01 Å². The third-order valence-electron chi connectivity index (χ3n) is 3.61. The second kappa shape index (κ2) is 8.93. The van der Waals surface area contributed by atoms with E-state index in [-0.39, 0.29) is 36.8 Å². The van der Waals surface area contributed by atoms with Gasteiger partial charge in [-0.2, -0.15) is 0 Å². The molecular formula is C14H25Cl2N3OS. The molecule has 0 spiro atoms. The van der Waals surface area contributed by atoms with Crippen LogP contribution in [0, 0.1) is 11.8 Å². The largest absolute Gasteiger partial charge is 0.334 e. The maximum atomic E-state index is 12.4. The van der Waals surface area contributed by atoms with E-state index in [4.69, 9.17) is 5.73 Å². The fourth-order valence-corrected chi connectivity index (χ4v) is 3.58. The molecule has 1 aliphatic heterocycles. The first kappa shape index (κ1) is 20.6. The van der Waals surface area contributed by atoms with Gasteiger partial charge in [-0.1, -0.05) is 13.8 Å². The summed E-state index contributed by atoms with van der Waals surface area (Å²) in [5, 5.41) is 2.95. The summed E-state index contributed by atoms with van der Waals surface area (Å²) < 4.78 is 0. The van der Waals surface area contributed by atoms with Crippen LogP contribution in [0.1, 0.15) is 42.7 Å². The number of halogens is 2. The standard InChI is InChI=1S/C14H23N3OS.2ClH/c1-9(2)4-13-16-12(8-19-13)14(18)17-7-11(6-15)5-10(17)3;;/h8-11H,4-7,15H2,1-3H3;2*1H. The quantitative estimate of drug-likeness (QED) is 0.904. The lowest BCUT2D eigenvalue weighted by molar-refractivity contribution is 0.0738. The van der Waals surface area contributed by atoms with Crippen molar-refractivity contribution in [2.75, 3.05) is 13.1 Å². The Kier molecular flexibility index (Phi) is 8.78. The lowest BCUT2D eigenvalue weighted by atomic mass is 10.1. The Hall–Kier alpha value is -0.360. The molecule has 2 heterocycles. The zero-order valence-electron chi connectivity index (χ0n) is 12.7. The molecule has 4 nitrogen and oxygen atoms in total. The van der Waals surface area contributed by atoms with Crippen LogP contribution in [0.5, 0.6) is 0 Å². The molecule has 2 atom stereocenters. The van der Waals surface area contributed by atoms with Gasteiger partial charge < -0.3 is 10.6 Å². The van der Waals surface area contributed by atoms with E-state index >= 15 is 0 Å². The maximum Gasteiger partial charge on any atom is 0.273 e. The van der Waals surface area contributed by atoms with E-state index in [1.807, 2.05) is 10.3 Å². The predicted molar refractivity (Wildman–Crippen MR) is 92.8 cm³/mol. The summed E-state index contributed by atoms with van der Waals surface area (Å²) in [6.07, 6.45) is 1.95. The lowest BCUT2D eigenvalue weighted by Crippen LogP contribution is -2.34. The van der Waals surface area contributed by atoms with Crippen LogP contribution in [0.4, 0.5) is 0 Å². The molecule has 2 rings (SSSR count). The lowest BCUT2D eigenvalue weighted by Gasteiger charge is -2.20. The van der Waals surface area contributed by atoms with Gasteiger partial charge >= 0.3 is 0 Å². The SMILES string of the molecule is CC(C)Cc1nc(C(=O)N2CC(CN)CC2C)cs1.Cl.Cl. The molecule has 1 fully saturated rings. The van der Waals surface area contributed by atoms with Crippen molar-refractivity contribution in [3.63, 3.8) is 0 Å². The monoisotopic (exact) mass is 353 g/mol. The van der Waals surface area contributed by atoms with Gasteiger partial charge in [0.2, 0.25) is 0 Å². The molecule has 7 heteroatoms. The number of aromatic nitrogens is 1. The van der Waals surface area contributed by atoms with Crippen LogP contribution in [0.25, 0.3) is 0 Å². The van der Waals surface area contributed by atoms with Gasteiger partial charge in [0.15, 0.2) is 0 Å². The Labute approximate surface area is 143 Å². The topological polar surface area (TPSA) is 59.2 Å². The molecule has 0 bridgehead atoms. The van der Waals surface area contributed by atoms with E-state index in [2.05, 4.69) is 25.8 Å². The van der Waals surface area contributed by atoms with Crippen LogP contribution in [0.3, 0.4) is 0 Å². The van der Waals surface area contributed by atoms with Crippen LogP contribution in [-0.4, -0.2) is 34.9 Å². The Morgan fingerprint density at radius 1 is 1.52 bits per heavy atom. The number of rotatable bonds is 4. The Bertz CT molecular complexity index is 453. The summed E-state index contributed by atoms with van der Waals surface area (Å²) in [5.41, 5.74) is 6.31. The molecule has 0 saturated carbocycles. The molecule has 1 saturated heterocycles. The van der Waals surface area contributed by atoms with Crippen molar-refractivity contribution in [3.05, 3.63) is 16.1 Å². The highest BCUT2D eigenvalue weighted by atomic mass is 35.5. The summed E-state index contributed by atoms with van der Waals surface area (Å²) in [6, 6.07) is 0.274. The molecule has 1 aliphatic rings. The third kappa shape index (κ3) is 5.09. The van der Waals surface area contributed by atoms with Gasteiger partial charge in [-0.25, -0.2) is 4.98 Å². The number of carbonyl (C=O) groups excluding carboxylic acids is 1. The predicted octanol–water partition coefficient (Wildman–Crippen LogP) is 2.99. The van der Waals surface area contributed by atoms with Crippen molar-refractivity contribution in [1.29, 1.82) is 0 Å². The minimum Gasteiger partial charge on any atom is -0.334 e. The van der Waals surface area contributed by atoms with E-state index in [1.165, 1.54) is 0 Å². The van der Waals surface area contributed by atoms with Crippen molar-refractivity contribution in [2.45, 2.75) is 39.7 Å². The molecule has 1 aromatic rings. The third-order valence-corrected chi connectivity index (χ3v) is 4.48. The first-order valence-corrected chi connectivity index (χ1v) is 7.84. The summed E-state index contributed by atoms with van der Waals surface area (Å²) in [7, 11) is 0. The minimum atomic E-state index is 0. The number of carbonyl (C=O) groups is 1. The zero-order chi connectivity index (χ0) is 14.0. The van der Waals surface area contributed by atoms with E-state index in [1.54, 1.807) is 11.3 Å². The van der Waals surface area contributed by atoms with Gasteiger partial charge in [0.25, 0.3) is 5.91 Å². The van der Waals surface area contributed by atoms with Gasteiger partial charge in [-0.05, 0) is 31.7 Å². The van der Waals surface area contributed by atoms with Gasteiger partial charge in [-0.15, -0.1) is 36.2 Å². The smallest absolute Gasteiger partial charge is 0.273 e.